The largest absolute Gasteiger partial charge is 0.457 e. The molecule has 0 aliphatic carbocycles. The predicted octanol–water partition coefficient (Wildman–Crippen LogP) is 4.96. The second kappa shape index (κ2) is 9.62. The Bertz CT molecular complexity index is 1270. The van der Waals surface area contributed by atoms with Crippen molar-refractivity contribution < 1.29 is 17.9 Å². The third-order valence-electron chi connectivity index (χ3n) is 5.52. The van der Waals surface area contributed by atoms with Crippen molar-refractivity contribution in [3.05, 3.63) is 109 Å². The summed E-state index contributed by atoms with van der Waals surface area (Å²) in [5.41, 5.74) is 7.19. The highest BCUT2D eigenvalue weighted by Crippen LogP contribution is 2.40. The Labute approximate surface area is 194 Å². The van der Waals surface area contributed by atoms with E-state index < -0.39 is 13.9 Å². The summed E-state index contributed by atoms with van der Waals surface area (Å²) < 4.78 is 39.3. The molecule has 0 spiro atoms. The normalized spacial score (nSPS) is 18.2. The van der Waals surface area contributed by atoms with Gasteiger partial charge in [0.25, 0.3) is 0 Å². The molecule has 0 saturated carbocycles. The molecule has 1 unspecified atom stereocenters. The van der Waals surface area contributed by atoms with Crippen LogP contribution in [0.4, 0.5) is 5.69 Å². The smallest absolute Gasteiger partial charge is 0.322 e. The number of sulfonamides is 1. The summed E-state index contributed by atoms with van der Waals surface area (Å²) in [5, 5.41) is 0. The number of rotatable bonds is 8. The molecule has 0 amide bonds. The van der Waals surface area contributed by atoms with E-state index in [1.54, 1.807) is 43.3 Å². The van der Waals surface area contributed by atoms with Gasteiger partial charge in [0.2, 0.25) is 0 Å². The van der Waals surface area contributed by atoms with E-state index in [4.69, 9.17) is 15.2 Å². The van der Waals surface area contributed by atoms with Gasteiger partial charge < -0.3 is 15.2 Å². The van der Waals surface area contributed by atoms with Crippen molar-refractivity contribution in [2.45, 2.75) is 6.92 Å². The van der Waals surface area contributed by atoms with Gasteiger partial charge in [0, 0.05) is 18.7 Å². The van der Waals surface area contributed by atoms with Crippen LogP contribution < -0.4 is 19.1 Å². The van der Waals surface area contributed by atoms with Crippen molar-refractivity contribution in [1.82, 2.24) is 3.89 Å². The summed E-state index contributed by atoms with van der Waals surface area (Å²) in [5.74, 6) is 1.94. The summed E-state index contributed by atoms with van der Waals surface area (Å²) >= 11 is 0. The first kappa shape index (κ1) is 22.8. The Hall–Kier alpha value is -3.39. The van der Waals surface area contributed by atoms with Gasteiger partial charge in [-0.05, 0) is 49.4 Å². The van der Waals surface area contributed by atoms with E-state index in [0.29, 0.717) is 28.5 Å². The zero-order valence-corrected chi connectivity index (χ0v) is 19.2. The fraction of sp³-hybridized carbons (Fsp3) is 0.154. The van der Waals surface area contributed by atoms with Gasteiger partial charge in [0.1, 0.15) is 23.8 Å². The van der Waals surface area contributed by atoms with Gasteiger partial charge in [0.05, 0.1) is 11.3 Å². The van der Waals surface area contributed by atoms with Gasteiger partial charge in [-0.2, -0.15) is 8.42 Å². The van der Waals surface area contributed by atoms with Gasteiger partial charge in [-0.1, -0.05) is 42.5 Å². The summed E-state index contributed by atoms with van der Waals surface area (Å²) in [4.78, 5) is 0. The molecule has 3 aromatic carbocycles. The molecule has 33 heavy (non-hydrogen) atoms. The van der Waals surface area contributed by atoms with Crippen molar-refractivity contribution in [2.75, 3.05) is 18.8 Å². The van der Waals surface area contributed by atoms with Gasteiger partial charge in [0.15, 0.2) is 5.69 Å². The van der Waals surface area contributed by atoms with Gasteiger partial charge in [-0.15, -0.1) is 3.89 Å². The molecule has 170 valence electrons. The lowest BCUT2D eigenvalue weighted by atomic mass is 10.1. The zero-order valence-electron chi connectivity index (χ0n) is 18.4. The number of hydrogen-bond donors (Lipinski definition) is 1. The van der Waals surface area contributed by atoms with E-state index in [1.807, 2.05) is 60.7 Å². The van der Waals surface area contributed by atoms with Crippen molar-refractivity contribution >= 4 is 15.7 Å². The number of nitrogens with zero attached hydrogens (tertiary/aromatic N) is 1. The van der Waals surface area contributed by atoms with E-state index in [-0.39, 0.29) is 24.7 Å². The molecule has 6 nitrogen and oxygen atoms in total. The topological polar surface area (TPSA) is 78.6 Å². The predicted molar refractivity (Wildman–Crippen MR) is 131 cm³/mol. The number of para-hydroxylation sites is 2. The molecule has 1 aliphatic rings. The first-order chi connectivity index (χ1) is 16.0. The molecular formula is C26H27N2O4S+. The van der Waals surface area contributed by atoms with Crippen LogP contribution in [0.25, 0.3) is 0 Å². The Kier molecular flexibility index (Phi) is 6.65. The Morgan fingerprint density at radius 2 is 1.45 bits per heavy atom. The first-order valence-corrected chi connectivity index (χ1v) is 12.4. The molecule has 1 atom stereocenters. The first-order valence-electron chi connectivity index (χ1n) is 10.8. The molecule has 0 fully saturated rings. The SMILES string of the molecule is CCS(=O)(=O)[N+]1(c2cccc(Oc3ccccc3)c2)CC=CC(CN)=C1Oc1ccccc1. The van der Waals surface area contributed by atoms with Crippen LogP contribution in [0.1, 0.15) is 6.92 Å². The molecule has 7 heteroatoms. The number of benzene rings is 3. The third-order valence-corrected chi connectivity index (χ3v) is 7.72. The average molecular weight is 464 g/mol. The molecular weight excluding hydrogens is 436 g/mol. The molecule has 2 N–H and O–H groups in total. The van der Waals surface area contributed by atoms with Crippen LogP contribution in [0.5, 0.6) is 17.2 Å². The van der Waals surface area contributed by atoms with Gasteiger partial charge in [-0.25, -0.2) is 0 Å². The minimum Gasteiger partial charge on any atom is -0.457 e. The van der Waals surface area contributed by atoms with Crippen LogP contribution in [0.3, 0.4) is 0 Å². The van der Waals surface area contributed by atoms with E-state index in [0.717, 1.165) is 0 Å². The third kappa shape index (κ3) is 4.43. The van der Waals surface area contributed by atoms with Gasteiger partial charge >= 0.3 is 15.9 Å². The molecule has 1 aliphatic heterocycles. The van der Waals surface area contributed by atoms with E-state index in [9.17, 15) is 8.42 Å². The molecule has 0 aromatic heterocycles. The van der Waals surface area contributed by atoms with Crippen molar-refractivity contribution in [2.24, 2.45) is 5.73 Å². The number of quaternary nitrogens is 1. The maximum Gasteiger partial charge on any atom is 0.322 e. The number of hydrogen-bond acceptors (Lipinski definition) is 5. The lowest BCUT2D eigenvalue weighted by molar-refractivity contribution is 0.299. The summed E-state index contributed by atoms with van der Waals surface area (Å²) in [7, 11) is -3.75. The highest BCUT2D eigenvalue weighted by molar-refractivity contribution is 7.91. The molecule has 0 bridgehead atoms. The van der Waals surface area contributed by atoms with E-state index in [2.05, 4.69) is 0 Å². The lowest BCUT2D eigenvalue weighted by Gasteiger charge is -2.38. The maximum absolute atomic E-state index is 13.8. The molecule has 0 radical (unpaired) electrons. The van der Waals surface area contributed by atoms with Crippen LogP contribution in [-0.2, 0) is 10.0 Å². The number of ether oxygens (including phenoxy) is 2. The van der Waals surface area contributed by atoms with Crippen LogP contribution in [0.15, 0.2) is 109 Å². The minimum absolute atomic E-state index is 0.0793. The summed E-state index contributed by atoms with van der Waals surface area (Å²) in [6, 6.07) is 25.6. The summed E-state index contributed by atoms with van der Waals surface area (Å²) in [6.07, 6.45) is 3.67. The Morgan fingerprint density at radius 3 is 2.06 bits per heavy atom. The van der Waals surface area contributed by atoms with Crippen molar-refractivity contribution in [3.8, 4) is 17.2 Å². The zero-order chi connectivity index (χ0) is 23.3. The average Bonchev–Trinajstić information content (AvgIpc) is 2.85. The Balaban J connectivity index is 1.88. The molecule has 0 saturated heterocycles. The highest BCUT2D eigenvalue weighted by atomic mass is 32.2. The Morgan fingerprint density at radius 1 is 0.848 bits per heavy atom. The standard InChI is InChI=1S/C26H27N2O4S/c1-2-33(29,30)28(22-12-9-17-25(19-22)31-23-13-5-3-6-14-23)18-10-11-21(20-27)26(28)32-24-15-7-4-8-16-24/h3-17,19H,2,18,20,27H2,1H3/q+1. The fourth-order valence-electron chi connectivity index (χ4n) is 3.86. The second-order valence-corrected chi connectivity index (χ2v) is 9.92. The van der Waals surface area contributed by atoms with Crippen LogP contribution in [0.2, 0.25) is 0 Å². The highest BCUT2D eigenvalue weighted by Gasteiger charge is 2.51. The summed E-state index contributed by atoms with van der Waals surface area (Å²) in [6.45, 7) is 1.95. The van der Waals surface area contributed by atoms with Crippen molar-refractivity contribution in [3.63, 3.8) is 0 Å². The van der Waals surface area contributed by atoms with Crippen LogP contribution in [0, 0.1) is 0 Å². The van der Waals surface area contributed by atoms with E-state index >= 15 is 0 Å². The van der Waals surface area contributed by atoms with Crippen molar-refractivity contribution in [1.29, 1.82) is 0 Å². The van der Waals surface area contributed by atoms with Gasteiger partial charge in [-0.3, -0.25) is 0 Å². The number of nitrogens with two attached hydrogens (primary N) is 1. The second-order valence-electron chi connectivity index (χ2n) is 7.56. The molecule has 4 rings (SSSR count). The molecule has 3 aromatic rings. The fourth-order valence-corrected chi connectivity index (χ4v) is 5.46. The lowest BCUT2D eigenvalue weighted by Crippen LogP contribution is -2.57. The quantitative estimate of drug-likeness (QED) is 0.478. The molecule has 1 heterocycles. The minimum atomic E-state index is -3.75. The van der Waals surface area contributed by atoms with Crippen LogP contribution in [-0.4, -0.2) is 27.3 Å². The van der Waals surface area contributed by atoms with Crippen LogP contribution >= 0.6 is 0 Å². The van der Waals surface area contributed by atoms with E-state index in [1.165, 1.54) is 0 Å². The maximum atomic E-state index is 13.8. The monoisotopic (exact) mass is 463 g/mol.